The summed E-state index contributed by atoms with van der Waals surface area (Å²) in [5.74, 6) is 0.611. The zero-order chi connectivity index (χ0) is 17.3. The largest absolute Gasteiger partial charge is 0.508 e. The van der Waals surface area contributed by atoms with Gasteiger partial charge in [0.25, 0.3) is 0 Å². The van der Waals surface area contributed by atoms with Crippen molar-refractivity contribution in [2.45, 2.75) is 51.9 Å². The highest BCUT2D eigenvalue weighted by atomic mass is 16.5. The molecule has 24 heavy (non-hydrogen) atoms. The summed E-state index contributed by atoms with van der Waals surface area (Å²) in [6, 6.07) is 3.42. The lowest BCUT2D eigenvalue weighted by Crippen LogP contribution is -2.13. The second kappa shape index (κ2) is 6.68. The Morgan fingerprint density at radius 2 is 2.08 bits per heavy atom. The highest BCUT2D eigenvalue weighted by molar-refractivity contribution is 5.91. The van der Waals surface area contributed by atoms with Crippen molar-refractivity contribution in [3.05, 3.63) is 58.7 Å². The van der Waals surface area contributed by atoms with Gasteiger partial charge in [0.05, 0.1) is 0 Å². The molecule has 2 aliphatic rings. The number of carbonyl (C=O) groups excluding carboxylic acids is 1. The number of phenols is 1. The molecular weight excluding hydrogens is 300 g/mol. The number of carbonyl (C=O) groups is 1. The number of rotatable bonds is 1. The number of hydrogen-bond acceptors (Lipinski definition) is 3. The first-order valence-corrected chi connectivity index (χ1v) is 8.53. The van der Waals surface area contributed by atoms with E-state index in [-0.39, 0.29) is 17.6 Å². The van der Waals surface area contributed by atoms with Crippen molar-refractivity contribution in [1.29, 1.82) is 0 Å². The third kappa shape index (κ3) is 3.30. The van der Waals surface area contributed by atoms with Crippen LogP contribution in [0.15, 0.2) is 47.6 Å². The maximum atomic E-state index is 12.5. The number of hydrogen-bond donors (Lipinski definition) is 1. The van der Waals surface area contributed by atoms with E-state index >= 15 is 0 Å². The molecule has 3 heteroatoms. The SMILES string of the molecule is C=C(C)C1CCC(C)=CCCC2=CCc3cc(O)cc1c3OC2=O. The molecule has 2 aliphatic heterocycles. The van der Waals surface area contributed by atoms with E-state index in [1.807, 2.05) is 13.0 Å². The summed E-state index contributed by atoms with van der Waals surface area (Å²) < 4.78 is 5.76. The fraction of sp³-hybridized carbons (Fsp3) is 0.381. The third-order valence-corrected chi connectivity index (χ3v) is 4.91. The molecule has 1 unspecified atom stereocenters. The second-order valence-electron chi connectivity index (χ2n) is 6.87. The molecule has 2 heterocycles. The van der Waals surface area contributed by atoms with Gasteiger partial charge in [-0.15, -0.1) is 0 Å². The van der Waals surface area contributed by atoms with Crippen LogP contribution in [0.5, 0.6) is 11.5 Å². The molecule has 0 aromatic heterocycles. The molecule has 3 rings (SSSR count). The quantitative estimate of drug-likeness (QED) is 0.451. The zero-order valence-electron chi connectivity index (χ0n) is 14.4. The standard InChI is InChI=1S/C21H24O3/c1-13(2)18-10-7-14(3)5-4-6-15-8-9-16-11-17(22)12-19(18)20(16)24-21(15)23/h5,8,11-12,18,22H,1,4,6-7,9-10H2,2-3H3. The summed E-state index contributed by atoms with van der Waals surface area (Å²) in [5, 5.41) is 10.2. The van der Waals surface area contributed by atoms with E-state index in [9.17, 15) is 9.90 Å². The molecule has 2 bridgehead atoms. The van der Waals surface area contributed by atoms with Crippen LogP contribution >= 0.6 is 0 Å². The molecule has 0 aliphatic carbocycles. The summed E-state index contributed by atoms with van der Waals surface area (Å²) in [4.78, 5) is 12.5. The van der Waals surface area contributed by atoms with Gasteiger partial charge in [0.15, 0.2) is 0 Å². The van der Waals surface area contributed by atoms with Crippen LogP contribution in [-0.4, -0.2) is 11.1 Å². The monoisotopic (exact) mass is 324 g/mol. The number of esters is 1. The van der Waals surface area contributed by atoms with E-state index in [0.29, 0.717) is 24.2 Å². The van der Waals surface area contributed by atoms with E-state index in [0.717, 1.165) is 36.0 Å². The van der Waals surface area contributed by atoms with Crippen molar-refractivity contribution in [3.8, 4) is 11.5 Å². The molecule has 1 N–H and O–H groups in total. The van der Waals surface area contributed by atoms with Crippen molar-refractivity contribution >= 4 is 5.97 Å². The fourth-order valence-corrected chi connectivity index (χ4v) is 3.53. The minimum absolute atomic E-state index is 0.0583. The van der Waals surface area contributed by atoms with Gasteiger partial charge in [-0.3, -0.25) is 0 Å². The number of ether oxygens (including phenoxy) is 1. The van der Waals surface area contributed by atoms with Crippen LogP contribution in [-0.2, 0) is 11.2 Å². The van der Waals surface area contributed by atoms with Crippen molar-refractivity contribution < 1.29 is 14.6 Å². The maximum absolute atomic E-state index is 12.5. The van der Waals surface area contributed by atoms with Crippen LogP contribution in [0.2, 0.25) is 0 Å². The molecule has 3 nitrogen and oxygen atoms in total. The molecule has 126 valence electrons. The van der Waals surface area contributed by atoms with Crippen LogP contribution in [0, 0.1) is 0 Å². The van der Waals surface area contributed by atoms with Crippen molar-refractivity contribution in [3.63, 3.8) is 0 Å². The lowest BCUT2D eigenvalue weighted by molar-refractivity contribution is -0.130. The molecule has 0 spiro atoms. The Morgan fingerprint density at radius 3 is 2.83 bits per heavy atom. The van der Waals surface area contributed by atoms with Crippen LogP contribution in [0.25, 0.3) is 0 Å². The Labute approximate surface area is 143 Å². The predicted octanol–water partition coefficient (Wildman–Crippen LogP) is 4.96. The van der Waals surface area contributed by atoms with Gasteiger partial charge in [-0.05, 0) is 58.1 Å². The zero-order valence-corrected chi connectivity index (χ0v) is 14.4. The number of fused-ring (bicyclic) bond motifs is 2. The summed E-state index contributed by atoms with van der Waals surface area (Å²) in [6.45, 7) is 8.26. The topological polar surface area (TPSA) is 46.5 Å². The van der Waals surface area contributed by atoms with Crippen LogP contribution < -0.4 is 4.74 Å². The summed E-state index contributed by atoms with van der Waals surface area (Å²) in [7, 11) is 0. The fourth-order valence-electron chi connectivity index (χ4n) is 3.53. The molecule has 0 radical (unpaired) electrons. The van der Waals surface area contributed by atoms with Gasteiger partial charge in [0, 0.05) is 22.6 Å². The van der Waals surface area contributed by atoms with E-state index in [4.69, 9.17) is 4.74 Å². The van der Waals surface area contributed by atoms with Gasteiger partial charge in [0.1, 0.15) is 11.5 Å². The molecular formula is C21H24O3. The third-order valence-electron chi connectivity index (χ3n) is 4.91. The van der Waals surface area contributed by atoms with Gasteiger partial charge >= 0.3 is 5.97 Å². The first-order valence-electron chi connectivity index (χ1n) is 8.53. The molecule has 1 aromatic rings. The van der Waals surface area contributed by atoms with E-state index in [2.05, 4.69) is 19.6 Å². The minimum Gasteiger partial charge on any atom is -0.508 e. The second-order valence-corrected chi connectivity index (χ2v) is 6.87. The molecule has 0 amide bonds. The normalized spacial score (nSPS) is 20.9. The Kier molecular flexibility index (Phi) is 4.61. The molecule has 1 atom stereocenters. The minimum atomic E-state index is -0.271. The van der Waals surface area contributed by atoms with E-state index in [1.54, 1.807) is 12.1 Å². The first kappa shape index (κ1) is 16.6. The van der Waals surface area contributed by atoms with Crippen molar-refractivity contribution in [2.75, 3.05) is 0 Å². The summed E-state index contributed by atoms with van der Waals surface area (Å²) in [5.41, 5.74) is 4.79. The Hall–Kier alpha value is -2.29. The predicted molar refractivity (Wildman–Crippen MR) is 95.3 cm³/mol. The average molecular weight is 324 g/mol. The summed E-state index contributed by atoms with van der Waals surface area (Å²) in [6.07, 6.45) is 8.15. The Balaban J connectivity index is 2.17. The van der Waals surface area contributed by atoms with E-state index < -0.39 is 0 Å². The number of phenolic OH excluding ortho intramolecular Hbond substituents is 1. The van der Waals surface area contributed by atoms with Gasteiger partial charge < -0.3 is 9.84 Å². The smallest absolute Gasteiger partial charge is 0.339 e. The first-order chi connectivity index (χ1) is 11.5. The number of aromatic hydroxyl groups is 1. The van der Waals surface area contributed by atoms with Crippen LogP contribution in [0.4, 0.5) is 0 Å². The van der Waals surface area contributed by atoms with E-state index in [1.165, 1.54) is 5.57 Å². The molecule has 0 fully saturated rings. The highest BCUT2D eigenvalue weighted by Gasteiger charge is 2.26. The summed E-state index contributed by atoms with van der Waals surface area (Å²) >= 11 is 0. The van der Waals surface area contributed by atoms with Gasteiger partial charge in [-0.2, -0.15) is 0 Å². The van der Waals surface area contributed by atoms with Crippen LogP contribution in [0.1, 0.15) is 56.6 Å². The average Bonchev–Trinajstić information content (AvgIpc) is 2.66. The maximum Gasteiger partial charge on any atom is 0.339 e. The number of allylic oxidation sites excluding steroid dienone is 4. The van der Waals surface area contributed by atoms with Crippen LogP contribution in [0.3, 0.4) is 0 Å². The Morgan fingerprint density at radius 1 is 1.29 bits per heavy atom. The lowest BCUT2D eigenvalue weighted by Gasteiger charge is -2.23. The Bertz CT molecular complexity index is 753. The van der Waals surface area contributed by atoms with Crippen molar-refractivity contribution in [2.24, 2.45) is 0 Å². The van der Waals surface area contributed by atoms with Crippen molar-refractivity contribution in [1.82, 2.24) is 0 Å². The van der Waals surface area contributed by atoms with Gasteiger partial charge in [-0.25, -0.2) is 4.79 Å². The number of benzene rings is 1. The highest BCUT2D eigenvalue weighted by Crippen LogP contribution is 2.41. The lowest BCUT2D eigenvalue weighted by atomic mass is 9.85. The van der Waals surface area contributed by atoms with Gasteiger partial charge in [-0.1, -0.05) is 29.9 Å². The molecule has 0 saturated heterocycles. The molecule has 0 saturated carbocycles. The molecule has 1 aromatic carbocycles. The van der Waals surface area contributed by atoms with Gasteiger partial charge in [0.2, 0.25) is 0 Å².